The molecule has 2 aliphatic heterocycles. The SMILES string of the molecule is O=C(O)CC[C@H](NC(=O)CCC(NC(=O)c1cc(Cl)cc(Cl)c1)C(=O)N1CCC2(CCCC2)CC1)C(=O)N1CCC2CCCCC2C1. The van der Waals surface area contributed by atoms with Gasteiger partial charge in [0.2, 0.25) is 17.7 Å². The van der Waals surface area contributed by atoms with E-state index >= 15 is 0 Å². The van der Waals surface area contributed by atoms with Gasteiger partial charge in [0, 0.05) is 54.6 Å². The van der Waals surface area contributed by atoms with Crippen molar-refractivity contribution >= 4 is 52.8 Å². The Labute approximate surface area is 287 Å². The van der Waals surface area contributed by atoms with Crippen molar-refractivity contribution in [2.75, 3.05) is 26.2 Å². The van der Waals surface area contributed by atoms with Gasteiger partial charge in [-0.2, -0.15) is 0 Å². The lowest BCUT2D eigenvalue weighted by Crippen LogP contribution is -2.54. The number of carbonyl (C=O) groups excluding carboxylic acids is 4. The third-order valence-electron chi connectivity index (χ3n) is 11.1. The molecule has 2 saturated heterocycles. The van der Waals surface area contributed by atoms with Gasteiger partial charge in [0.05, 0.1) is 0 Å². The zero-order valence-corrected chi connectivity index (χ0v) is 28.6. The van der Waals surface area contributed by atoms with Gasteiger partial charge in [-0.1, -0.05) is 55.3 Å². The third-order valence-corrected chi connectivity index (χ3v) is 11.5. The summed E-state index contributed by atoms with van der Waals surface area (Å²) in [6.07, 6.45) is 11.8. The molecule has 47 heavy (non-hydrogen) atoms. The number of benzene rings is 1. The van der Waals surface area contributed by atoms with E-state index in [0.29, 0.717) is 43.4 Å². The van der Waals surface area contributed by atoms with Crippen LogP contribution in [0.5, 0.6) is 0 Å². The minimum absolute atomic E-state index is 0.0135. The second kappa shape index (κ2) is 16.0. The van der Waals surface area contributed by atoms with E-state index in [1.165, 1.54) is 56.7 Å². The van der Waals surface area contributed by atoms with Crippen molar-refractivity contribution in [1.82, 2.24) is 20.4 Å². The Morgan fingerprint density at radius 2 is 1.34 bits per heavy atom. The highest BCUT2D eigenvalue weighted by atomic mass is 35.5. The summed E-state index contributed by atoms with van der Waals surface area (Å²) in [6.45, 7) is 2.44. The average Bonchev–Trinajstić information content (AvgIpc) is 3.51. The number of piperidine rings is 2. The fourth-order valence-corrected chi connectivity index (χ4v) is 8.85. The zero-order valence-electron chi connectivity index (χ0n) is 27.1. The Morgan fingerprint density at radius 3 is 2.00 bits per heavy atom. The lowest BCUT2D eigenvalue weighted by atomic mass is 9.75. The Bertz CT molecular complexity index is 1300. The number of fused-ring (bicyclic) bond motifs is 1. The van der Waals surface area contributed by atoms with Gasteiger partial charge in [-0.05, 0) is 86.8 Å². The largest absolute Gasteiger partial charge is 0.481 e. The first-order chi connectivity index (χ1) is 22.5. The van der Waals surface area contributed by atoms with Crippen molar-refractivity contribution in [2.24, 2.45) is 17.3 Å². The van der Waals surface area contributed by atoms with Crippen molar-refractivity contribution in [3.63, 3.8) is 0 Å². The summed E-state index contributed by atoms with van der Waals surface area (Å²) in [5.74, 6) is -1.48. The second-order valence-corrected chi connectivity index (χ2v) is 15.1. The molecular formula is C35H48Cl2N4O6. The zero-order chi connectivity index (χ0) is 33.6. The lowest BCUT2D eigenvalue weighted by molar-refractivity contribution is -0.141. The molecule has 1 aromatic rings. The summed E-state index contributed by atoms with van der Waals surface area (Å²) in [6, 6.07) is 2.49. The summed E-state index contributed by atoms with van der Waals surface area (Å²) in [5.41, 5.74) is 0.505. The number of rotatable bonds is 11. The van der Waals surface area contributed by atoms with Gasteiger partial charge in [0.15, 0.2) is 0 Å². The molecule has 2 saturated carbocycles. The van der Waals surface area contributed by atoms with Crippen LogP contribution in [0.4, 0.5) is 0 Å². The van der Waals surface area contributed by atoms with Crippen LogP contribution in [0.1, 0.15) is 107 Å². The molecule has 3 N–H and O–H groups in total. The van der Waals surface area contributed by atoms with Crippen LogP contribution >= 0.6 is 23.2 Å². The standard InChI is InChI=1S/C35H48Cl2N4O6/c36-26-19-25(20-27(37)21-26)32(45)39-29(33(46)40-17-14-35(15-18-40)12-3-4-13-35)7-9-30(42)38-28(8-10-31(43)44)34(47)41-16-11-23-5-1-2-6-24(23)22-41/h19-21,23-24,28-29H,1-18,22H2,(H,38,42)(H,39,45)(H,43,44)/t23?,24?,28-,29?/m0/s1. The van der Waals surface area contributed by atoms with E-state index in [9.17, 15) is 29.1 Å². The van der Waals surface area contributed by atoms with Gasteiger partial charge in [0.1, 0.15) is 12.1 Å². The summed E-state index contributed by atoms with van der Waals surface area (Å²) in [7, 11) is 0. The maximum Gasteiger partial charge on any atom is 0.303 e. The number of halogens is 2. The number of hydrogen-bond donors (Lipinski definition) is 3. The van der Waals surface area contributed by atoms with Crippen LogP contribution in [0, 0.1) is 17.3 Å². The highest BCUT2D eigenvalue weighted by Gasteiger charge is 2.40. The molecule has 4 aliphatic rings. The number of aliphatic carboxylic acids is 1. The van der Waals surface area contributed by atoms with E-state index < -0.39 is 29.9 Å². The molecule has 4 fully saturated rings. The Balaban J connectivity index is 1.24. The lowest BCUT2D eigenvalue weighted by Gasteiger charge is -2.42. The molecule has 3 unspecified atom stereocenters. The molecule has 0 radical (unpaired) electrons. The molecule has 4 atom stereocenters. The first kappa shape index (κ1) is 35.5. The van der Waals surface area contributed by atoms with Crippen LogP contribution in [0.3, 0.4) is 0 Å². The molecule has 0 bridgehead atoms. The number of carboxylic acids is 1. The van der Waals surface area contributed by atoms with Crippen LogP contribution in [-0.4, -0.2) is 82.8 Å². The van der Waals surface area contributed by atoms with Gasteiger partial charge < -0.3 is 25.5 Å². The van der Waals surface area contributed by atoms with Gasteiger partial charge in [-0.3, -0.25) is 24.0 Å². The maximum atomic E-state index is 13.8. The molecule has 258 valence electrons. The molecule has 0 aromatic heterocycles. The molecule has 1 aromatic carbocycles. The van der Waals surface area contributed by atoms with Gasteiger partial charge in [-0.25, -0.2) is 0 Å². The first-order valence-electron chi connectivity index (χ1n) is 17.4. The van der Waals surface area contributed by atoms with Crippen molar-refractivity contribution < 1.29 is 29.1 Å². The Hall–Kier alpha value is -2.85. The van der Waals surface area contributed by atoms with Crippen molar-refractivity contribution in [3.05, 3.63) is 33.8 Å². The number of nitrogens with zero attached hydrogens (tertiary/aromatic N) is 2. The number of carboxylic acid groups (broad SMARTS) is 1. The molecule has 5 rings (SSSR count). The number of amides is 4. The molecule has 1 spiro atoms. The maximum absolute atomic E-state index is 13.8. The number of likely N-dealkylation sites (tertiary alicyclic amines) is 2. The average molecular weight is 692 g/mol. The summed E-state index contributed by atoms with van der Waals surface area (Å²) < 4.78 is 0. The molecule has 2 aliphatic carbocycles. The van der Waals surface area contributed by atoms with E-state index in [1.54, 1.807) is 9.80 Å². The summed E-state index contributed by atoms with van der Waals surface area (Å²) >= 11 is 12.3. The topological polar surface area (TPSA) is 136 Å². The minimum Gasteiger partial charge on any atom is -0.481 e. The van der Waals surface area contributed by atoms with E-state index in [-0.39, 0.29) is 53.1 Å². The smallest absolute Gasteiger partial charge is 0.303 e. The highest BCUT2D eigenvalue weighted by molar-refractivity contribution is 6.35. The van der Waals surface area contributed by atoms with E-state index in [4.69, 9.17) is 23.2 Å². The fraction of sp³-hybridized carbons (Fsp3) is 0.686. The predicted molar refractivity (Wildman–Crippen MR) is 179 cm³/mol. The van der Waals surface area contributed by atoms with Crippen molar-refractivity contribution in [3.8, 4) is 0 Å². The van der Waals surface area contributed by atoms with E-state index in [0.717, 1.165) is 32.1 Å². The van der Waals surface area contributed by atoms with Gasteiger partial charge >= 0.3 is 5.97 Å². The molecule has 4 amide bonds. The normalized spacial score (nSPS) is 23.4. The first-order valence-corrected chi connectivity index (χ1v) is 18.1. The van der Waals surface area contributed by atoms with Crippen LogP contribution < -0.4 is 10.6 Å². The van der Waals surface area contributed by atoms with Crippen LogP contribution in [0.15, 0.2) is 18.2 Å². The summed E-state index contributed by atoms with van der Waals surface area (Å²) in [4.78, 5) is 69.1. The number of hydrogen-bond acceptors (Lipinski definition) is 5. The highest BCUT2D eigenvalue weighted by Crippen LogP contribution is 2.46. The summed E-state index contributed by atoms with van der Waals surface area (Å²) in [5, 5.41) is 15.5. The molecule has 2 heterocycles. The Morgan fingerprint density at radius 1 is 0.745 bits per heavy atom. The minimum atomic E-state index is -1.04. The number of carbonyl (C=O) groups is 5. The van der Waals surface area contributed by atoms with Crippen molar-refractivity contribution in [1.29, 1.82) is 0 Å². The fourth-order valence-electron chi connectivity index (χ4n) is 8.32. The monoisotopic (exact) mass is 690 g/mol. The van der Waals surface area contributed by atoms with E-state index in [1.807, 2.05) is 0 Å². The van der Waals surface area contributed by atoms with Gasteiger partial charge in [-0.15, -0.1) is 0 Å². The second-order valence-electron chi connectivity index (χ2n) is 14.2. The van der Waals surface area contributed by atoms with Crippen LogP contribution in [-0.2, 0) is 19.2 Å². The number of nitrogens with one attached hydrogen (secondary N) is 2. The molecular weight excluding hydrogens is 643 g/mol. The van der Waals surface area contributed by atoms with Gasteiger partial charge in [0.25, 0.3) is 5.91 Å². The van der Waals surface area contributed by atoms with E-state index in [2.05, 4.69) is 10.6 Å². The quantitative estimate of drug-likeness (QED) is 0.283. The molecule has 10 nitrogen and oxygen atoms in total. The third kappa shape index (κ3) is 9.40. The predicted octanol–water partition coefficient (Wildman–Crippen LogP) is 5.44. The van der Waals surface area contributed by atoms with Crippen LogP contribution in [0.2, 0.25) is 10.0 Å². The van der Waals surface area contributed by atoms with Crippen LogP contribution in [0.25, 0.3) is 0 Å². The Kier molecular flexibility index (Phi) is 12.1. The molecule has 12 heteroatoms. The van der Waals surface area contributed by atoms with Crippen molar-refractivity contribution in [2.45, 2.75) is 108 Å².